The van der Waals surface area contributed by atoms with Crippen LogP contribution in [0.5, 0.6) is 5.75 Å². The Kier molecular flexibility index (Phi) is 6.09. The van der Waals surface area contributed by atoms with E-state index in [-0.39, 0.29) is 0 Å². The van der Waals surface area contributed by atoms with Crippen LogP contribution >= 0.6 is 0 Å². The Hall–Kier alpha value is -2.01. The summed E-state index contributed by atoms with van der Waals surface area (Å²) in [4.78, 5) is 3.22. The van der Waals surface area contributed by atoms with E-state index in [1.54, 1.807) is 7.11 Å². The van der Waals surface area contributed by atoms with Gasteiger partial charge in [0.15, 0.2) is 0 Å². The smallest absolute Gasteiger partial charge is 0.119 e. The largest absolute Gasteiger partial charge is 0.497 e. The molecule has 1 aromatic carbocycles. The molecular formula is C16H24N4O. The predicted octanol–water partition coefficient (Wildman–Crippen LogP) is 2.84. The predicted molar refractivity (Wildman–Crippen MR) is 88.0 cm³/mol. The number of benzene rings is 1. The number of unbranched alkanes of at least 4 members (excludes halogenated alkanes) is 2. The maximum absolute atomic E-state index is 5.25. The molecule has 21 heavy (non-hydrogen) atoms. The molecule has 2 rings (SSSR count). The number of fused-ring (bicyclic) bond motifs is 1. The summed E-state index contributed by atoms with van der Waals surface area (Å²) in [6.07, 6.45) is 7.50. The minimum absolute atomic E-state index is 0.686. The monoisotopic (exact) mass is 288 g/mol. The quantitative estimate of drug-likeness (QED) is 0.288. The number of nitrogens with one attached hydrogen (secondary N) is 3. The van der Waals surface area contributed by atoms with Gasteiger partial charge >= 0.3 is 0 Å². The van der Waals surface area contributed by atoms with Crippen LogP contribution in [-0.2, 0) is 0 Å². The molecule has 0 fully saturated rings. The van der Waals surface area contributed by atoms with Crippen LogP contribution in [0.2, 0.25) is 0 Å². The number of hydrogen-bond donors (Lipinski definition) is 3. The maximum atomic E-state index is 5.25. The van der Waals surface area contributed by atoms with E-state index in [0.29, 0.717) is 6.67 Å². The van der Waals surface area contributed by atoms with Gasteiger partial charge in [0.05, 0.1) is 20.0 Å². The van der Waals surface area contributed by atoms with Crippen molar-refractivity contribution >= 4 is 17.1 Å². The Morgan fingerprint density at radius 3 is 3.05 bits per heavy atom. The maximum Gasteiger partial charge on any atom is 0.119 e. The van der Waals surface area contributed by atoms with Gasteiger partial charge in [-0.15, -0.1) is 0 Å². The van der Waals surface area contributed by atoms with Crippen molar-refractivity contribution in [1.82, 2.24) is 15.7 Å². The Morgan fingerprint density at radius 1 is 1.33 bits per heavy atom. The molecule has 0 atom stereocenters. The van der Waals surface area contributed by atoms with Crippen LogP contribution in [0.3, 0.4) is 0 Å². The van der Waals surface area contributed by atoms with E-state index in [1.807, 2.05) is 30.6 Å². The summed E-state index contributed by atoms with van der Waals surface area (Å²) in [5, 5.41) is 8.65. The second-order valence-corrected chi connectivity index (χ2v) is 4.96. The van der Waals surface area contributed by atoms with Crippen LogP contribution in [0, 0.1) is 0 Å². The average Bonchev–Trinajstić information content (AvgIpc) is 2.92. The van der Waals surface area contributed by atoms with Crippen molar-refractivity contribution in [3.05, 3.63) is 30.0 Å². The zero-order chi connectivity index (χ0) is 14.9. The summed E-state index contributed by atoms with van der Waals surface area (Å²) >= 11 is 0. The molecule has 2 aromatic rings. The van der Waals surface area contributed by atoms with E-state index >= 15 is 0 Å². The molecule has 0 aliphatic carbocycles. The minimum Gasteiger partial charge on any atom is -0.497 e. The molecule has 0 saturated heterocycles. The summed E-state index contributed by atoms with van der Waals surface area (Å²) < 4.78 is 5.25. The molecule has 0 bridgehead atoms. The molecule has 0 unspecified atom stereocenters. The highest BCUT2D eigenvalue weighted by molar-refractivity contribution is 5.99. The van der Waals surface area contributed by atoms with E-state index in [1.165, 1.54) is 19.3 Å². The van der Waals surface area contributed by atoms with Crippen molar-refractivity contribution < 1.29 is 4.74 Å². The summed E-state index contributed by atoms with van der Waals surface area (Å²) in [7, 11) is 1.67. The normalized spacial score (nSPS) is 11.3. The Morgan fingerprint density at radius 2 is 2.24 bits per heavy atom. The van der Waals surface area contributed by atoms with Gasteiger partial charge in [0.2, 0.25) is 0 Å². The van der Waals surface area contributed by atoms with Gasteiger partial charge in [0, 0.05) is 22.7 Å². The number of methoxy groups -OCH3 is 1. The molecule has 5 heteroatoms. The van der Waals surface area contributed by atoms with Gasteiger partial charge in [-0.05, 0) is 31.2 Å². The molecule has 0 radical (unpaired) electrons. The van der Waals surface area contributed by atoms with E-state index in [2.05, 4.69) is 27.8 Å². The van der Waals surface area contributed by atoms with E-state index < -0.39 is 0 Å². The molecule has 0 aliphatic rings. The topological polar surface area (TPSA) is 61.4 Å². The van der Waals surface area contributed by atoms with Gasteiger partial charge < -0.3 is 9.72 Å². The zero-order valence-electron chi connectivity index (χ0n) is 12.8. The van der Waals surface area contributed by atoms with Crippen LogP contribution in [0.1, 0.15) is 31.7 Å². The third kappa shape index (κ3) is 4.49. The number of aromatic nitrogens is 1. The van der Waals surface area contributed by atoms with E-state index in [4.69, 9.17) is 4.74 Å². The van der Waals surface area contributed by atoms with Gasteiger partial charge in [-0.1, -0.05) is 19.8 Å². The molecule has 1 heterocycles. The number of rotatable bonds is 9. The molecule has 0 spiro atoms. The lowest BCUT2D eigenvalue weighted by molar-refractivity contribution is 0.415. The van der Waals surface area contributed by atoms with Crippen molar-refractivity contribution in [2.24, 2.45) is 5.10 Å². The first kappa shape index (κ1) is 15.4. The summed E-state index contributed by atoms with van der Waals surface area (Å²) in [5.74, 6) is 0.849. The fraction of sp³-hybridized carbons (Fsp3) is 0.438. The number of H-pyrrole nitrogens is 1. The molecular weight excluding hydrogens is 264 g/mol. The number of hydrogen-bond acceptors (Lipinski definition) is 4. The van der Waals surface area contributed by atoms with Crippen LogP contribution in [-0.4, -0.2) is 31.5 Å². The molecule has 1 aromatic heterocycles. The second kappa shape index (κ2) is 8.32. The molecule has 3 N–H and O–H groups in total. The summed E-state index contributed by atoms with van der Waals surface area (Å²) in [6.45, 7) is 3.92. The fourth-order valence-corrected chi connectivity index (χ4v) is 2.16. The van der Waals surface area contributed by atoms with Crippen molar-refractivity contribution in [2.45, 2.75) is 26.2 Å². The molecule has 0 aliphatic heterocycles. The summed E-state index contributed by atoms with van der Waals surface area (Å²) in [6, 6.07) is 5.96. The van der Waals surface area contributed by atoms with Gasteiger partial charge in [-0.25, -0.2) is 0 Å². The van der Waals surface area contributed by atoms with Crippen LogP contribution in [0.4, 0.5) is 0 Å². The van der Waals surface area contributed by atoms with Crippen molar-refractivity contribution in [1.29, 1.82) is 0 Å². The highest BCUT2D eigenvalue weighted by Crippen LogP contribution is 2.22. The lowest BCUT2D eigenvalue weighted by Crippen LogP contribution is -2.26. The van der Waals surface area contributed by atoms with Crippen molar-refractivity contribution in [3.63, 3.8) is 0 Å². The van der Waals surface area contributed by atoms with Crippen LogP contribution in [0.15, 0.2) is 29.5 Å². The van der Waals surface area contributed by atoms with Gasteiger partial charge in [-0.3, -0.25) is 10.7 Å². The van der Waals surface area contributed by atoms with Crippen LogP contribution < -0.4 is 15.5 Å². The highest BCUT2D eigenvalue weighted by Gasteiger charge is 2.02. The van der Waals surface area contributed by atoms with Gasteiger partial charge in [0.25, 0.3) is 0 Å². The number of aromatic amines is 1. The molecule has 114 valence electrons. The lowest BCUT2D eigenvalue weighted by atomic mass is 10.2. The first-order valence-corrected chi connectivity index (χ1v) is 7.47. The van der Waals surface area contributed by atoms with Gasteiger partial charge in [0.1, 0.15) is 5.75 Å². The van der Waals surface area contributed by atoms with Gasteiger partial charge in [-0.2, -0.15) is 5.10 Å². The zero-order valence-corrected chi connectivity index (χ0v) is 12.8. The molecule has 5 nitrogen and oxygen atoms in total. The first-order chi connectivity index (χ1) is 10.3. The Labute approximate surface area is 125 Å². The van der Waals surface area contributed by atoms with Crippen LogP contribution in [0.25, 0.3) is 10.9 Å². The second-order valence-electron chi connectivity index (χ2n) is 4.96. The number of hydrazone groups is 1. The summed E-state index contributed by atoms with van der Waals surface area (Å²) in [5.41, 5.74) is 5.13. The third-order valence-electron chi connectivity index (χ3n) is 3.38. The molecule has 0 amide bonds. The average molecular weight is 288 g/mol. The minimum atomic E-state index is 0.686. The van der Waals surface area contributed by atoms with E-state index in [9.17, 15) is 0 Å². The standard InChI is InChI=1S/C16H24N4O/c1-3-4-5-8-17-12-20-19-11-13-10-18-16-7-6-14(21-2)9-15(13)16/h6-7,9-11,17-18,20H,3-5,8,12H2,1-2H3/b19-11-. The Bertz CT molecular complexity index is 577. The first-order valence-electron chi connectivity index (χ1n) is 7.47. The number of nitrogens with zero attached hydrogens (tertiary/aromatic N) is 1. The lowest BCUT2D eigenvalue weighted by Gasteiger charge is -2.03. The van der Waals surface area contributed by atoms with Crippen molar-refractivity contribution in [2.75, 3.05) is 20.3 Å². The van der Waals surface area contributed by atoms with Crippen molar-refractivity contribution in [3.8, 4) is 5.75 Å². The SMILES string of the molecule is CCCCCNCN/N=C\c1c[nH]c2ccc(OC)cc12. The molecule has 0 saturated carbocycles. The van der Waals surface area contributed by atoms with E-state index in [0.717, 1.165) is 28.8 Å². The third-order valence-corrected chi connectivity index (χ3v) is 3.38. The Balaban J connectivity index is 1.83. The highest BCUT2D eigenvalue weighted by atomic mass is 16.5. The fourth-order valence-electron chi connectivity index (χ4n) is 2.16. The number of ether oxygens (including phenoxy) is 1.